The summed E-state index contributed by atoms with van der Waals surface area (Å²) in [5, 5.41) is 0. The second-order valence-electron chi connectivity index (χ2n) is 4.92. The van der Waals surface area contributed by atoms with Crippen molar-refractivity contribution in [1.29, 1.82) is 0 Å². The van der Waals surface area contributed by atoms with E-state index in [0.29, 0.717) is 5.57 Å². The van der Waals surface area contributed by atoms with E-state index in [2.05, 4.69) is 6.58 Å². The fraction of sp³-hybridized carbons (Fsp3) is 0.714. The van der Waals surface area contributed by atoms with E-state index in [1.54, 1.807) is 34.6 Å². The summed E-state index contributed by atoms with van der Waals surface area (Å²) in [6, 6.07) is 0. The van der Waals surface area contributed by atoms with Crippen LogP contribution in [0.1, 0.15) is 34.6 Å². The lowest BCUT2D eigenvalue weighted by Gasteiger charge is -2.18. The summed E-state index contributed by atoms with van der Waals surface area (Å²) in [5.41, 5.74) is 0.353. The molecule has 0 bridgehead atoms. The van der Waals surface area contributed by atoms with E-state index in [1.807, 2.05) is 0 Å². The molecule has 0 aromatic carbocycles. The maximum Gasteiger partial charge on any atom is 0.333 e. The molecule has 0 fully saturated rings. The van der Waals surface area contributed by atoms with Crippen LogP contribution in [0.3, 0.4) is 0 Å². The van der Waals surface area contributed by atoms with Crippen LogP contribution in [0.2, 0.25) is 0 Å². The summed E-state index contributed by atoms with van der Waals surface area (Å²) in [5.74, 6) is -0.838. The minimum atomic E-state index is -0.435. The third-order valence-electron chi connectivity index (χ3n) is 2.20. The predicted molar refractivity (Wildman–Crippen MR) is 71.6 cm³/mol. The van der Waals surface area contributed by atoms with Gasteiger partial charge in [-0.25, -0.2) is 4.79 Å². The Hall–Kier alpha value is -1.36. The number of hydrogen-bond acceptors (Lipinski definition) is 5. The Morgan fingerprint density at radius 3 is 2.11 bits per heavy atom. The maximum absolute atomic E-state index is 11.2. The van der Waals surface area contributed by atoms with Gasteiger partial charge in [-0.1, -0.05) is 20.4 Å². The fourth-order valence-corrected chi connectivity index (χ4v) is 1.03. The lowest BCUT2D eigenvalue weighted by molar-refractivity contribution is -0.153. The SMILES string of the molecule is C=C(C)C(=O)OC(C)COC(C)COC(=O)C(C)C. The first-order chi connectivity index (χ1) is 8.73. The number of hydrogen-bond donors (Lipinski definition) is 0. The fourth-order valence-electron chi connectivity index (χ4n) is 1.03. The average Bonchev–Trinajstić information content (AvgIpc) is 2.32. The van der Waals surface area contributed by atoms with Gasteiger partial charge in [-0.3, -0.25) is 4.79 Å². The van der Waals surface area contributed by atoms with Gasteiger partial charge in [-0.2, -0.15) is 0 Å². The Bertz CT molecular complexity index is 322. The highest BCUT2D eigenvalue weighted by molar-refractivity contribution is 5.87. The van der Waals surface area contributed by atoms with Gasteiger partial charge in [-0.15, -0.1) is 0 Å². The lowest BCUT2D eigenvalue weighted by atomic mass is 10.2. The van der Waals surface area contributed by atoms with E-state index in [0.717, 1.165) is 0 Å². The molecule has 5 heteroatoms. The third-order valence-corrected chi connectivity index (χ3v) is 2.20. The van der Waals surface area contributed by atoms with Crippen LogP contribution in [0.5, 0.6) is 0 Å². The topological polar surface area (TPSA) is 61.8 Å². The molecule has 0 saturated carbocycles. The average molecular weight is 272 g/mol. The van der Waals surface area contributed by atoms with Crippen molar-refractivity contribution in [3.63, 3.8) is 0 Å². The number of ether oxygens (including phenoxy) is 3. The van der Waals surface area contributed by atoms with Crippen molar-refractivity contribution in [1.82, 2.24) is 0 Å². The monoisotopic (exact) mass is 272 g/mol. The van der Waals surface area contributed by atoms with Crippen molar-refractivity contribution in [2.24, 2.45) is 5.92 Å². The third kappa shape index (κ3) is 8.37. The van der Waals surface area contributed by atoms with Crippen molar-refractivity contribution in [2.45, 2.75) is 46.8 Å². The zero-order valence-electron chi connectivity index (χ0n) is 12.4. The highest BCUT2D eigenvalue weighted by Gasteiger charge is 2.14. The summed E-state index contributed by atoms with van der Waals surface area (Å²) in [6.07, 6.45) is -0.610. The Morgan fingerprint density at radius 2 is 1.63 bits per heavy atom. The van der Waals surface area contributed by atoms with Crippen LogP contribution in [0, 0.1) is 5.92 Å². The highest BCUT2D eigenvalue weighted by atomic mass is 16.6. The van der Waals surface area contributed by atoms with Crippen LogP contribution in [0.15, 0.2) is 12.2 Å². The van der Waals surface area contributed by atoms with Crippen LogP contribution < -0.4 is 0 Å². The minimum absolute atomic E-state index is 0.150. The predicted octanol–water partition coefficient (Wildman–Crippen LogP) is 2.10. The summed E-state index contributed by atoms with van der Waals surface area (Å²) in [4.78, 5) is 22.5. The van der Waals surface area contributed by atoms with E-state index in [4.69, 9.17) is 14.2 Å². The van der Waals surface area contributed by atoms with Gasteiger partial charge in [0.15, 0.2) is 0 Å². The van der Waals surface area contributed by atoms with Crippen LogP contribution >= 0.6 is 0 Å². The van der Waals surface area contributed by atoms with E-state index in [1.165, 1.54) is 0 Å². The Balaban J connectivity index is 3.84. The number of esters is 2. The quantitative estimate of drug-likeness (QED) is 0.500. The molecule has 110 valence electrons. The molecule has 0 heterocycles. The van der Waals surface area contributed by atoms with Gasteiger partial charge >= 0.3 is 11.9 Å². The summed E-state index contributed by atoms with van der Waals surface area (Å²) in [6.45, 7) is 12.6. The minimum Gasteiger partial charge on any atom is -0.463 e. The summed E-state index contributed by atoms with van der Waals surface area (Å²) >= 11 is 0. The first-order valence-electron chi connectivity index (χ1n) is 6.38. The van der Waals surface area contributed by atoms with E-state index >= 15 is 0 Å². The second-order valence-corrected chi connectivity index (χ2v) is 4.92. The second kappa shape index (κ2) is 8.69. The number of rotatable bonds is 8. The molecule has 0 aliphatic carbocycles. The zero-order valence-corrected chi connectivity index (χ0v) is 12.4. The van der Waals surface area contributed by atoms with Gasteiger partial charge in [0.1, 0.15) is 12.7 Å². The Labute approximate surface area is 114 Å². The van der Waals surface area contributed by atoms with Crippen molar-refractivity contribution in [2.75, 3.05) is 13.2 Å². The normalized spacial score (nSPS) is 13.8. The summed E-state index contributed by atoms with van der Waals surface area (Å²) < 4.78 is 15.5. The molecule has 0 aliphatic heterocycles. The van der Waals surface area contributed by atoms with Gasteiger partial charge in [-0.05, 0) is 20.8 Å². The molecular formula is C14H24O5. The first-order valence-corrected chi connectivity index (χ1v) is 6.38. The van der Waals surface area contributed by atoms with E-state index in [9.17, 15) is 9.59 Å². The zero-order chi connectivity index (χ0) is 15.0. The Morgan fingerprint density at radius 1 is 1.05 bits per heavy atom. The molecule has 0 radical (unpaired) electrons. The van der Waals surface area contributed by atoms with Gasteiger partial charge in [0, 0.05) is 5.57 Å². The molecule has 0 aromatic heterocycles. The molecule has 0 spiro atoms. The molecule has 5 nitrogen and oxygen atoms in total. The van der Waals surface area contributed by atoms with Crippen LogP contribution in [0.25, 0.3) is 0 Å². The Kier molecular flexibility index (Phi) is 8.07. The van der Waals surface area contributed by atoms with E-state index < -0.39 is 5.97 Å². The van der Waals surface area contributed by atoms with Gasteiger partial charge in [0.2, 0.25) is 0 Å². The van der Waals surface area contributed by atoms with Crippen LogP contribution in [-0.4, -0.2) is 37.4 Å². The van der Waals surface area contributed by atoms with Crippen LogP contribution in [0.4, 0.5) is 0 Å². The molecule has 0 rings (SSSR count). The highest BCUT2D eigenvalue weighted by Crippen LogP contribution is 2.03. The smallest absolute Gasteiger partial charge is 0.333 e. The number of carbonyl (C=O) groups is 2. The van der Waals surface area contributed by atoms with E-state index in [-0.39, 0.29) is 37.3 Å². The number of carbonyl (C=O) groups excluding carboxylic acids is 2. The maximum atomic E-state index is 11.2. The molecule has 0 aromatic rings. The van der Waals surface area contributed by atoms with Crippen molar-refractivity contribution in [3.8, 4) is 0 Å². The molecular weight excluding hydrogens is 248 g/mol. The molecule has 0 aliphatic rings. The van der Waals surface area contributed by atoms with Gasteiger partial charge in [0.05, 0.1) is 18.6 Å². The van der Waals surface area contributed by atoms with Gasteiger partial charge in [0.25, 0.3) is 0 Å². The standard InChI is InChI=1S/C14H24O5/c1-9(2)13(15)18-7-11(5)17-8-12(6)19-14(16)10(3)4/h9,11-12H,3,7-8H2,1-2,4-6H3. The van der Waals surface area contributed by atoms with Crippen molar-refractivity contribution in [3.05, 3.63) is 12.2 Å². The molecule has 2 atom stereocenters. The van der Waals surface area contributed by atoms with Crippen molar-refractivity contribution < 1.29 is 23.8 Å². The first kappa shape index (κ1) is 17.6. The lowest BCUT2D eigenvalue weighted by Crippen LogP contribution is -2.27. The largest absolute Gasteiger partial charge is 0.463 e. The molecule has 0 amide bonds. The molecule has 0 saturated heterocycles. The molecule has 0 N–H and O–H groups in total. The van der Waals surface area contributed by atoms with Crippen LogP contribution in [-0.2, 0) is 23.8 Å². The molecule has 2 unspecified atom stereocenters. The molecule has 19 heavy (non-hydrogen) atoms. The van der Waals surface area contributed by atoms with Crippen molar-refractivity contribution >= 4 is 11.9 Å². The summed E-state index contributed by atoms with van der Waals surface area (Å²) in [7, 11) is 0. The van der Waals surface area contributed by atoms with Gasteiger partial charge < -0.3 is 14.2 Å².